The van der Waals surface area contributed by atoms with E-state index in [0.29, 0.717) is 13.0 Å². The zero-order valence-electron chi connectivity index (χ0n) is 21.7. The van der Waals surface area contributed by atoms with Crippen molar-refractivity contribution in [3.05, 3.63) is 48.6 Å². The maximum atomic E-state index is 11.7. The molecule has 1 N–H and O–H groups in total. The third-order valence-electron chi connectivity index (χ3n) is 5.51. The molecule has 0 aliphatic heterocycles. The number of unbranched alkanes of at least 4 members (excludes halogenated alkanes) is 10. The Kier molecular flexibility index (Phi) is 25.5. The summed E-state index contributed by atoms with van der Waals surface area (Å²) < 4.78 is 5.29. The van der Waals surface area contributed by atoms with E-state index in [9.17, 15) is 9.59 Å². The van der Waals surface area contributed by atoms with Gasteiger partial charge in [0, 0.05) is 12.8 Å². The molecule has 0 aromatic rings. The van der Waals surface area contributed by atoms with Crippen LogP contribution in [0.2, 0.25) is 0 Å². The van der Waals surface area contributed by atoms with Crippen LogP contribution in [0.5, 0.6) is 0 Å². The number of ether oxygens (including phenoxy) is 1. The molecule has 0 heterocycles. The van der Waals surface area contributed by atoms with Crippen molar-refractivity contribution in [3.8, 4) is 0 Å². The zero-order chi connectivity index (χ0) is 25.0. The van der Waals surface area contributed by atoms with Gasteiger partial charge in [-0.1, -0.05) is 100 Å². The van der Waals surface area contributed by atoms with Crippen molar-refractivity contribution in [3.63, 3.8) is 0 Å². The van der Waals surface area contributed by atoms with Crippen LogP contribution in [0.15, 0.2) is 48.6 Å². The zero-order valence-corrected chi connectivity index (χ0v) is 21.7. The summed E-state index contributed by atoms with van der Waals surface area (Å²) in [7, 11) is 0. The van der Waals surface area contributed by atoms with E-state index in [-0.39, 0.29) is 12.4 Å². The van der Waals surface area contributed by atoms with Crippen molar-refractivity contribution >= 4 is 11.9 Å². The van der Waals surface area contributed by atoms with Crippen LogP contribution in [0.1, 0.15) is 122 Å². The Hall–Kier alpha value is -2.10. The summed E-state index contributed by atoms with van der Waals surface area (Å²) >= 11 is 0. The quantitative estimate of drug-likeness (QED) is 0.0861. The average molecular weight is 475 g/mol. The largest absolute Gasteiger partial charge is 0.481 e. The lowest BCUT2D eigenvalue weighted by Crippen LogP contribution is -2.05. The first kappa shape index (κ1) is 31.9. The van der Waals surface area contributed by atoms with E-state index >= 15 is 0 Å². The summed E-state index contributed by atoms with van der Waals surface area (Å²) in [4.78, 5) is 22.2. The number of hydrogen-bond acceptors (Lipinski definition) is 3. The molecule has 0 amide bonds. The lowest BCUT2D eigenvalue weighted by molar-refractivity contribution is -0.144. The molecular weight excluding hydrogens is 424 g/mol. The van der Waals surface area contributed by atoms with Crippen LogP contribution in [0, 0.1) is 0 Å². The average Bonchev–Trinajstić information content (AvgIpc) is 2.82. The van der Waals surface area contributed by atoms with Crippen LogP contribution in [-0.4, -0.2) is 23.7 Å². The Morgan fingerprint density at radius 2 is 1.09 bits per heavy atom. The second-order valence-electron chi connectivity index (χ2n) is 8.82. The van der Waals surface area contributed by atoms with E-state index in [0.717, 1.165) is 77.0 Å². The molecule has 0 fully saturated rings. The summed E-state index contributed by atoms with van der Waals surface area (Å²) in [5.41, 5.74) is 0. The smallest absolute Gasteiger partial charge is 0.305 e. The Bertz CT molecular complexity index is 587. The molecular formula is C30H50O4. The maximum Gasteiger partial charge on any atom is 0.305 e. The number of carboxylic acid groups (broad SMARTS) is 1. The Labute approximate surface area is 209 Å². The molecule has 0 rings (SSSR count). The van der Waals surface area contributed by atoms with Gasteiger partial charge < -0.3 is 9.84 Å². The van der Waals surface area contributed by atoms with E-state index in [1.54, 1.807) is 0 Å². The monoisotopic (exact) mass is 474 g/mol. The van der Waals surface area contributed by atoms with Gasteiger partial charge in [0.1, 0.15) is 0 Å². The second kappa shape index (κ2) is 27.1. The van der Waals surface area contributed by atoms with Crippen LogP contribution in [0.4, 0.5) is 0 Å². The van der Waals surface area contributed by atoms with E-state index < -0.39 is 5.97 Å². The highest BCUT2D eigenvalue weighted by molar-refractivity contribution is 5.69. The van der Waals surface area contributed by atoms with Crippen molar-refractivity contribution < 1.29 is 19.4 Å². The van der Waals surface area contributed by atoms with Gasteiger partial charge in [-0.15, -0.1) is 0 Å². The Morgan fingerprint density at radius 1 is 0.588 bits per heavy atom. The molecule has 34 heavy (non-hydrogen) atoms. The van der Waals surface area contributed by atoms with Gasteiger partial charge in [0.2, 0.25) is 0 Å². The number of carbonyl (C=O) groups is 2. The molecule has 0 spiro atoms. The first-order chi connectivity index (χ1) is 16.7. The van der Waals surface area contributed by atoms with Crippen molar-refractivity contribution in [2.24, 2.45) is 0 Å². The highest BCUT2D eigenvalue weighted by atomic mass is 16.5. The Morgan fingerprint density at radius 3 is 1.65 bits per heavy atom. The summed E-state index contributed by atoms with van der Waals surface area (Å²) in [6.45, 7) is 2.75. The third-order valence-corrected chi connectivity index (χ3v) is 5.51. The van der Waals surface area contributed by atoms with Gasteiger partial charge in [0.15, 0.2) is 0 Å². The van der Waals surface area contributed by atoms with Gasteiger partial charge in [-0.3, -0.25) is 9.59 Å². The summed E-state index contributed by atoms with van der Waals surface area (Å²) in [6.07, 6.45) is 35.3. The van der Waals surface area contributed by atoms with Gasteiger partial charge in [0.25, 0.3) is 0 Å². The molecule has 0 atom stereocenters. The fourth-order valence-corrected chi connectivity index (χ4v) is 3.45. The molecule has 194 valence electrons. The minimum atomic E-state index is -0.707. The molecule has 0 saturated carbocycles. The van der Waals surface area contributed by atoms with Crippen molar-refractivity contribution in [1.29, 1.82) is 0 Å². The molecule has 0 aliphatic carbocycles. The van der Waals surface area contributed by atoms with Gasteiger partial charge in [-0.2, -0.15) is 0 Å². The van der Waals surface area contributed by atoms with Gasteiger partial charge in [0.05, 0.1) is 6.61 Å². The molecule has 0 aliphatic rings. The van der Waals surface area contributed by atoms with Crippen molar-refractivity contribution in [2.75, 3.05) is 6.61 Å². The Balaban J connectivity index is 3.41. The normalized spacial score (nSPS) is 12.0. The van der Waals surface area contributed by atoms with E-state index in [2.05, 4.69) is 55.5 Å². The first-order valence-electron chi connectivity index (χ1n) is 13.6. The van der Waals surface area contributed by atoms with Crippen LogP contribution in [0.25, 0.3) is 0 Å². The molecule has 0 saturated heterocycles. The highest BCUT2D eigenvalue weighted by Gasteiger charge is 2.01. The lowest BCUT2D eigenvalue weighted by atomic mass is 10.1. The molecule has 4 nitrogen and oxygen atoms in total. The van der Waals surface area contributed by atoms with Crippen molar-refractivity contribution in [2.45, 2.75) is 122 Å². The van der Waals surface area contributed by atoms with Crippen LogP contribution in [-0.2, 0) is 14.3 Å². The highest BCUT2D eigenvalue weighted by Crippen LogP contribution is 2.09. The summed E-state index contributed by atoms with van der Waals surface area (Å²) in [5.74, 6) is -0.800. The van der Waals surface area contributed by atoms with E-state index in [1.807, 2.05) is 0 Å². The molecule has 0 aromatic heterocycles. The predicted molar refractivity (Wildman–Crippen MR) is 144 cm³/mol. The number of allylic oxidation sites excluding steroid dienone is 8. The minimum absolute atomic E-state index is 0.0930. The lowest BCUT2D eigenvalue weighted by Gasteiger charge is -2.04. The first-order valence-corrected chi connectivity index (χ1v) is 13.6. The van der Waals surface area contributed by atoms with Gasteiger partial charge >= 0.3 is 11.9 Å². The predicted octanol–water partition coefficient (Wildman–Crippen LogP) is 8.88. The van der Waals surface area contributed by atoms with E-state index in [4.69, 9.17) is 9.84 Å². The summed E-state index contributed by atoms with van der Waals surface area (Å²) in [6, 6.07) is 0. The number of carboxylic acids is 1. The molecule has 0 bridgehead atoms. The number of esters is 1. The number of rotatable bonds is 24. The van der Waals surface area contributed by atoms with Crippen LogP contribution < -0.4 is 0 Å². The SMILES string of the molecule is CCCCC/C=C/C/C=C/C/C=C/C/C=C/CCCC(=O)OCCCCCCCCCC(=O)O. The maximum absolute atomic E-state index is 11.7. The second-order valence-corrected chi connectivity index (χ2v) is 8.82. The van der Waals surface area contributed by atoms with Crippen LogP contribution >= 0.6 is 0 Å². The number of aliphatic carboxylic acids is 1. The van der Waals surface area contributed by atoms with Crippen LogP contribution in [0.3, 0.4) is 0 Å². The topological polar surface area (TPSA) is 63.6 Å². The molecule has 0 aromatic carbocycles. The standard InChI is InChI=1S/C30H50O4/c1-2-3-4-5-6-7-8-9-10-11-12-13-14-15-18-21-24-27-30(33)34-28-25-22-19-16-17-20-23-26-29(31)32/h6-7,9-10,12-13,15,18H,2-5,8,11,14,16-17,19-28H2,1H3,(H,31,32)/b7-6+,10-9+,13-12+,18-15+. The molecule has 0 unspecified atom stereocenters. The number of hydrogen-bond donors (Lipinski definition) is 1. The fourth-order valence-electron chi connectivity index (χ4n) is 3.45. The number of carbonyl (C=O) groups excluding carboxylic acids is 1. The van der Waals surface area contributed by atoms with Crippen molar-refractivity contribution in [1.82, 2.24) is 0 Å². The third kappa shape index (κ3) is 27.9. The van der Waals surface area contributed by atoms with E-state index in [1.165, 1.54) is 25.7 Å². The minimum Gasteiger partial charge on any atom is -0.481 e. The van der Waals surface area contributed by atoms with Gasteiger partial charge in [-0.05, 0) is 57.8 Å². The van der Waals surface area contributed by atoms with Gasteiger partial charge in [-0.25, -0.2) is 0 Å². The fraction of sp³-hybridized carbons (Fsp3) is 0.667. The molecule has 0 radical (unpaired) electrons. The molecule has 4 heteroatoms. The summed E-state index contributed by atoms with van der Waals surface area (Å²) in [5, 5.41) is 8.58.